The number of carbonyl (C=O) groups is 1. The van der Waals surface area contributed by atoms with Crippen molar-refractivity contribution in [2.75, 3.05) is 13.1 Å². The first-order valence-corrected chi connectivity index (χ1v) is 7.68. The molecule has 0 amide bonds. The molecule has 1 N–H and O–H groups in total. The fraction of sp³-hybridized carbons (Fsp3) is 0.533. The van der Waals surface area contributed by atoms with Crippen molar-refractivity contribution < 1.29 is 9.90 Å². The summed E-state index contributed by atoms with van der Waals surface area (Å²) < 4.78 is 0. The third-order valence-electron chi connectivity index (χ3n) is 3.78. The molecule has 1 unspecified atom stereocenters. The van der Waals surface area contributed by atoms with E-state index in [4.69, 9.17) is 28.3 Å². The zero-order valence-corrected chi connectivity index (χ0v) is 12.8. The lowest BCUT2D eigenvalue weighted by Gasteiger charge is -2.32. The highest BCUT2D eigenvalue weighted by Gasteiger charge is 2.21. The number of aliphatic carboxylic acids is 1. The van der Waals surface area contributed by atoms with Gasteiger partial charge in [0.05, 0.1) is 0 Å². The Labute approximate surface area is 129 Å². The van der Waals surface area contributed by atoms with Crippen LogP contribution in [0.25, 0.3) is 0 Å². The monoisotopic (exact) mass is 315 g/mol. The molecule has 0 spiro atoms. The molecule has 0 saturated carbocycles. The molecule has 1 fully saturated rings. The number of halogens is 2. The van der Waals surface area contributed by atoms with Gasteiger partial charge in [-0.25, -0.2) is 0 Å². The van der Waals surface area contributed by atoms with E-state index in [1.54, 1.807) is 6.07 Å². The zero-order valence-electron chi connectivity index (χ0n) is 11.3. The Hall–Kier alpha value is -0.770. The summed E-state index contributed by atoms with van der Waals surface area (Å²) in [4.78, 5) is 13.0. The summed E-state index contributed by atoms with van der Waals surface area (Å²) in [5, 5.41) is 10.1. The van der Waals surface area contributed by atoms with Gasteiger partial charge in [-0.15, -0.1) is 0 Å². The van der Waals surface area contributed by atoms with Crippen molar-refractivity contribution >= 4 is 29.2 Å². The molecule has 1 aliphatic heterocycles. The topological polar surface area (TPSA) is 40.5 Å². The predicted octanol–water partition coefficient (Wildman–Crippen LogP) is 4.07. The largest absolute Gasteiger partial charge is 0.481 e. The summed E-state index contributed by atoms with van der Waals surface area (Å²) in [5.41, 5.74) is 1.08. The molecule has 0 aromatic heterocycles. The zero-order chi connectivity index (χ0) is 14.5. The van der Waals surface area contributed by atoms with Gasteiger partial charge in [0.25, 0.3) is 0 Å². The average molecular weight is 316 g/mol. The van der Waals surface area contributed by atoms with Gasteiger partial charge < -0.3 is 5.11 Å². The summed E-state index contributed by atoms with van der Waals surface area (Å²) in [6.07, 6.45) is 3.27. The maximum absolute atomic E-state index is 10.6. The van der Waals surface area contributed by atoms with Crippen molar-refractivity contribution in [1.82, 2.24) is 4.90 Å². The lowest BCUT2D eigenvalue weighted by atomic mass is 9.93. The Bertz CT molecular complexity index is 479. The van der Waals surface area contributed by atoms with Crippen LogP contribution in [0, 0.1) is 5.92 Å². The van der Waals surface area contributed by atoms with Crippen molar-refractivity contribution in [3.8, 4) is 0 Å². The van der Waals surface area contributed by atoms with E-state index in [2.05, 4.69) is 4.90 Å². The van der Waals surface area contributed by atoms with Gasteiger partial charge in [0.2, 0.25) is 0 Å². The molecule has 20 heavy (non-hydrogen) atoms. The van der Waals surface area contributed by atoms with Crippen LogP contribution in [0.1, 0.15) is 31.2 Å². The van der Waals surface area contributed by atoms with Crippen molar-refractivity contribution in [2.24, 2.45) is 5.92 Å². The molecule has 3 nitrogen and oxygen atoms in total. The Kier molecular flexibility index (Phi) is 5.70. The van der Waals surface area contributed by atoms with E-state index in [9.17, 15) is 4.79 Å². The van der Waals surface area contributed by atoms with E-state index < -0.39 is 5.97 Å². The Morgan fingerprint density at radius 1 is 1.40 bits per heavy atom. The molecule has 1 heterocycles. The molecule has 2 rings (SSSR count). The van der Waals surface area contributed by atoms with Crippen molar-refractivity contribution in [3.63, 3.8) is 0 Å². The minimum absolute atomic E-state index is 0.264. The van der Waals surface area contributed by atoms with Crippen LogP contribution in [0.4, 0.5) is 0 Å². The summed E-state index contributed by atoms with van der Waals surface area (Å²) in [7, 11) is 0. The maximum Gasteiger partial charge on any atom is 0.303 e. The summed E-state index contributed by atoms with van der Waals surface area (Å²) in [5.74, 6) is -0.228. The van der Waals surface area contributed by atoms with Gasteiger partial charge in [-0.1, -0.05) is 29.3 Å². The molecule has 110 valence electrons. The van der Waals surface area contributed by atoms with Gasteiger partial charge in [-0.05, 0) is 49.4 Å². The van der Waals surface area contributed by atoms with Crippen LogP contribution in [0.3, 0.4) is 0 Å². The van der Waals surface area contributed by atoms with Crippen LogP contribution in [0.15, 0.2) is 18.2 Å². The third kappa shape index (κ3) is 4.65. The molecule has 1 aromatic carbocycles. The van der Waals surface area contributed by atoms with E-state index in [-0.39, 0.29) is 6.42 Å². The number of nitrogens with zero attached hydrogens (tertiary/aromatic N) is 1. The van der Waals surface area contributed by atoms with Gasteiger partial charge in [-0.3, -0.25) is 9.69 Å². The van der Waals surface area contributed by atoms with Gasteiger partial charge in [0.1, 0.15) is 0 Å². The van der Waals surface area contributed by atoms with E-state index in [0.717, 1.165) is 44.5 Å². The highest BCUT2D eigenvalue weighted by atomic mass is 35.5. The molecule has 0 aliphatic carbocycles. The second-order valence-corrected chi connectivity index (χ2v) is 6.26. The molecule has 1 aliphatic rings. The van der Waals surface area contributed by atoms with Crippen LogP contribution in [0.2, 0.25) is 10.0 Å². The first-order valence-electron chi connectivity index (χ1n) is 6.92. The van der Waals surface area contributed by atoms with Gasteiger partial charge in [0, 0.05) is 29.6 Å². The summed E-state index contributed by atoms with van der Waals surface area (Å²) in [6, 6.07) is 5.59. The normalized spacial score (nSPS) is 20.0. The minimum Gasteiger partial charge on any atom is -0.481 e. The number of hydrogen-bond acceptors (Lipinski definition) is 2. The number of rotatable bonds is 5. The molecular formula is C15H19Cl2NO2. The first kappa shape index (κ1) is 15.6. The van der Waals surface area contributed by atoms with E-state index in [1.807, 2.05) is 12.1 Å². The van der Waals surface area contributed by atoms with E-state index in [0.29, 0.717) is 16.0 Å². The molecule has 1 atom stereocenters. The van der Waals surface area contributed by atoms with Crippen LogP contribution >= 0.6 is 23.2 Å². The van der Waals surface area contributed by atoms with Crippen LogP contribution < -0.4 is 0 Å². The molecule has 1 saturated heterocycles. The van der Waals surface area contributed by atoms with Crippen LogP contribution in [-0.2, 0) is 11.3 Å². The quantitative estimate of drug-likeness (QED) is 0.890. The maximum atomic E-state index is 10.6. The van der Waals surface area contributed by atoms with Crippen molar-refractivity contribution in [1.29, 1.82) is 0 Å². The van der Waals surface area contributed by atoms with Crippen molar-refractivity contribution in [3.05, 3.63) is 33.8 Å². The van der Waals surface area contributed by atoms with Crippen molar-refractivity contribution in [2.45, 2.75) is 32.2 Å². The minimum atomic E-state index is -0.706. The number of carboxylic acid groups (broad SMARTS) is 1. The number of hydrogen-bond donors (Lipinski definition) is 1. The van der Waals surface area contributed by atoms with E-state index in [1.165, 1.54) is 0 Å². The number of benzene rings is 1. The van der Waals surface area contributed by atoms with Crippen LogP contribution in [0.5, 0.6) is 0 Å². The Balaban J connectivity index is 1.90. The van der Waals surface area contributed by atoms with E-state index >= 15 is 0 Å². The summed E-state index contributed by atoms with van der Waals surface area (Å²) in [6.45, 7) is 2.80. The van der Waals surface area contributed by atoms with Gasteiger partial charge in [0.15, 0.2) is 0 Å². The number of piperidine rings is 1. The lowest BCUT2D eigenvalue weighted by Crippen LogP contribution is -2.35. The summed E-state index contributed by atoms with van der Waals surface area (Å²) >= 11 is 12.1. The molecule has 0 radical (unpaired) electrons. The average Bonchev–Trinajstić information content (AvgIpc) is 2.40. The fourth-order valence-corrected chi connectivity index (χ4v) is 3.22. The second kappa shape index (κ2) is 7.30. The third-order valence-corrected chi connectivity index (χ3v) is 4.37. The molecule has 1 aromatic rings. The van der Waals surface area contributed by atoms with Gasteiger partial charge in [-0.2, -0.15) is 0 Å². The van der Waals surface area contributed by atoms with Gasteiger partial charge >= 0.3 is 5.97 Å². The second-order valence-electron chi connectivity index (χ2n) is 5.41. The highest BCUT2D eigenvalue weighted by Crippen LogP contribution is 2.26. The number of carboxylic acids is 1. The first-order chi connectivity index (χ1) is 9.54. The molecule has 5 heteroatoms. The molecular weight excluding hydrogens is 297 g/mol. The van der Waals surface area contributed by atoms with Crippen LogP contribution in [-0.4, -0.2) is 29.1 Å². The Morgan fingerprint density at radius 3 is 2.90 bits per heavy atom. The fourth-order valence-electron chi connectivity index (χ4n) is 2.75. The standard InChI is InChI=1S/C15H19Cl2NO2/c16-13-5-4-12(14(17)8-13)10-18-7-1-2-11(9-18)3-6-15(19)20/h4-5,8,11H,1-3,6-7,9-10H2,(H,19,20). The predicted molar refractivity (Wildman–Crippen MR) is 81.3 cm³/mol. The Morgan fingerprint density at radius 2 is 2.20 bits per heavy atom. The molecule has 0 bridgehead atoms. The smallest absolute Gasteiger partial charge is 0.303 e. The lowest BCUT2D eigenvalue weighted by molar-refractivity contribution is -0.137. The number of likely N-dealkylation sites (tertiary alicyclic amines) is 1. The SMILES string of the molecule is O=C(O)CCC1CCCN(Cc2ccc(Cl)cc2Cl)C1. The highest BCUT2D eigenvalue weighted by molar-refractivity contribution is 6.35.